The van der Waals surface area contributed by atoms with E-state index in [1.165, 1.54) is 18.8 Å². The van der Waals surface area contributed by atoms with Crippen LogP contribution in [-0.4, -0.2) is 44.2 Å². The lowest BCUT2D eigenvalue weighted by Crippen LogP contribution is -2.21. The molecule has 0 bridgehead atoms. The molecule has 37 heavy (non-hydrogen) atoms. The van der Waals surface area contributed by atoms with Gasteiger partial charge in [0, 0.05) is 11.8 Å². The molecule has 0 amide bonds. The maximum Gasteiger partial charge on any atom is 0.289 e. The van der Waals surface area contributed by atoms with Crippen molar-refractivity contribution < 1.29 is 23.5 Å². The van der Waals surface area contributed by atoms with E-state index < -0.39 is 5.56 Å². The van der Waals surface area contributed by atoms with E-state index >= 15 is 0 Å². The molecule has 1 aliphatic carbocycles. The fourth-order valence-electron chi connectivity index (χ4n) is 4.38. The van der Waals surface area contributed by atoms with E-state index in [9.17, 15) is 9.90 Å². The van der Waals surface area contributed by atoms with E-state index in [4.69, 9.17) is 18.4 Å². The molecule has 6 rings (SSSR count). The smallest absolute Gasteiger partial charge is 0.289 e. The van der Waals surface area contributed by atoms with E-state index in [-0.39, 0.29) is 29.6 Å². The van der Waals surface area contributed by atoms with Gasteiger partial charge in [-0.2, -0.15) is 4.98 Å². The summed E-state index contributed by atoms with van der Waals surface area (Å²) >= 11 is 0. The van der Waals surface area contributed by atoms with Gasteiger partial charge in [0.05, 0.1) is 20.6 Å². The summed E-state index contributed by atoms with van der Waals surface area (Å²) in [5, 5.41) is 24.5. The maximum absolute atomic E-state index is 13.2. The van der Waals surface area contributed by atoms with Crippen molar-refractivity contribution in [3.8, 4) is 34.5 Å². The van der Waals surface area contributed by atoms with Gasteiger partial charge in [-0.1, -0.05) is 23.4 Å². The molecule has 11 nitrogen and oxygen atoms in total. The number of benzene rings is 2. The Labute approximate surface area is 210 Å². The first-order valence-corrected chi connectivity index (χ1v) is 11.8. The lowest BCUT2D eigenvalue weighted by Gasteiger charge is -2.20. The Morgan fingerprint density at radius 3 is 2.54 bits per heavy atom. The van der Waals surface area contributed by atoms with E-state index in [1.54, 1.807) is 18.2 Å². The number of nitrogens with zero attached hydrogens (tertiary/aromatic N) is 5. The highest BCUT2D eigenvalue weighted by Gasteiger charge is 2.30. The number of aromatic nitrogens is 5. The Hall–Kier alpha value is -4.67. The Balaban J connectivity index is 1.47. The number of hydrogen-bond acceptors (Lipinski definition) is 10. The molecule has 3 heterocycles. The molecule has 1 aliphatic rings. The van der Waals surface area contributed by atoms with Crippen LogP contribution >= 0.6 is 0 Å². The molecule has 0 radical (unpaired) electrons. The van der Waals surface area contributed by atoms with Crippen molar-refractivity contribution >= 4 is 11.0 Å². The van der Waals surface area contributed by atoms with Crippen LogP contribution in [0.1, 0.15) is 30.3 Å². The largest absolute Gasteiger partial charge is 0.494 e. The van der Waals surface area contributed by atoms with Gasteiger partial charge >= 0.3 is 0 Å². The predicted molar refractivity (Wildman–Crippen MR) is 131 cm³/mol. The molecule has 5 aromatic rings. The molecule has 0 spiro atoms. The third-order valence-electron chi connectivity index (χ3n) is 6.38. The molecule has 11 heteroatoms. The third-order valence-corrected chi connectivity index (χ3v) is 6.38. The van der Waals surface area contributed by atoms with Crippen molar-refractivity contribution in [1.29, 1.82) is 0 Å². The number of ether oxygens (including phenoxy) is 2. The topological polar surface area (TPSA) is 139 Å². The summed E-state index contributed by atoms with van der Waals surface area (Å²) in [4.78, 5) is 17.5. The summed E-state index contributed by atoms with van der Waals surface area (Å²) < 4.78 is 23.8. The van der Waals surface area contributed by atoms with E-state index in [0.29, 0.717) is 46.6 Å². The number of hydrogen-bond donors (Lipinski definition) is 1. The number of para-hydroxylation sites is 2. The average molecular weight is 501 g/mol. The van der Waals surface area contributed by atoms with Gasteiger partial charge in [-0.05, 0) is 43.0 Å². The van der Waals surface area contributed by atoms with Crippen LogP contribution in [0.3, 0.4) is 0 Å². The first kappa shape index (κ1) is 22.8. The monoisotopic (exact) mass is 501 g/mol. The van der Waals surface area contributed by atoms with Crippen molar-refractivity contribution in [2.24, 2.45) is 5.92 Å². The molecule has 1 saturated carbocycles. The number of fused-ring (bicyclic) bond motifs is 1. The summed E-state index contributed by atoms with van der Waals surface area (Å²) in [5.74, 6) is 1.32. The van der Waals surface area contributed by atoms with Crippen molar-refractivity contribution in [3.05, 3.63) is 70.2 Å². The Morgan fingerprint density at radius 2 is 1.81 bits per heavy atom. The van der Waals surface area contributed by atoms with Gasteiger partial charge in [0.1, 0.15) is 28.7 Å². The van der Waals surface area contributed by atoms with Crippen LogP contribution in [0.25, 0.3) is 28.1 Å². The van der Waals surface area contributed by atoms with E-state index in [0.717, 1.165) is 18.2 Å². The highest BCUT2D eigenvalue weighted by molar-refractivity contribution is 5.79. The quantitative estimate of drug-likeness (QED) is 0.335. The predicted octanol–water partition coefficient (Wildman–Crippen LogP) is 3.69. The zero-order valence-corrected chi connectivity index (χ0v) is 20.2. The van der Waals surface area contributed by atoms with Crippen molar-refractivity contribution in [1.82, 2.24) is 24.9 Å². The van der Waals surface area contributed by atoms with Crippen LogP contribution in [0, 0.1) is 5.92 Å². The Morgan fingerprint density at radius 1 is 1.05 bits per heavy atom. The SMILES string of the molecule is COc1cccc(OC)c1-n1c(CC2CC2)nc(=O)c(-c2nnc(Cc3noc4ccccc34)o2)c1O. The molecular weight excluding hydrogens is 478 g/mol. The van der Waals surface area contributed by atoms with Crippen LogP contribution in [0.15, 0.2) is 56.2 Å². The minimum Gasteiger partial charge on any atom is -0.494 e. The van der Waals surface area contributed by atoms with Gasteiger partial charge in [0.15, 0.2) is 11.1 Å². The maximum atomic E-state index is 13.2. The van der Waals surface area contributed by atoms with Gasteiger partial charge in [0.25, 0.3) is 11.4 Å². The fraction of sp³-hybridized carbons (Fsp3) is 0.269. The molecule has 1 N–H and O–H groups in total. The molecule has 1 fully saturated rings. The molecule has 0 atom stereocenters. The molecule has 2 aromatic carbocycles. The van der Waals surface area contributed by atoms with Crippen LogP contribution in [0.2, 0.25) is 0 Å². The second kappa shape index (κ2) is 9.08. The van der Waals surface area contributed by atoms with Gasteiger partial charge in [0.2, 0.25) is 11.8 Å². The summed E-state index contributed by atoms with van der Waals surface area (Å²) in [6.07, 6.45) is 2.77. The first-order chi connectivity index (χ1) is 18.1. The molecule has 0 saturated heterocycles. The minimum absolute atomic E-state index is 0.154. The Bertz CT molecular complexity index is 1640. The van der Waals surface area contributed by atoms with Crippen LogP contribution in [0.5, 0.6) is 17.4 Å². The number of methoxy groups -OCH3 is 2. The molecule has 0 unspecified atom stereocenters. The van der Waals surface area contributed by atoms with Gasteiger partial charge < -0.3 is 23.5 Å². The fourth-order valence-corrected chi connectivity index (χ4v) is 4.38. The van der Waals surface area contributed by atoms with E-state index in [2.05, 4.69) is 20.3 Å². The molecule has 0 aliphatic heterocycles. The molecule has 188 valence electrons. The van der Waals surface area contributed by atoms with Crippen molar-refractivity contribution in [2.45, 2.75) is 25.7 Å². The minimum atomic E-state index is -0.666. The zero-order valence-electron chi connectivity index (χ0n) is 20.2. The number of rotatable bonds is 8. The lowest BCUT2D eigenvalue weighted by molar-refractivity contribution is 0.379. The zero-order chi connectivity index (χ0) is 25.5. The number of aromatic hydroxyl groups is 1. The average Bonchev–Trinajstić information content (AvgIpc) is 3.45. The summed E-state index contributed by atoms with van der Waals surface area (Å²) in [7, 11) is 3.04. The first-order valence-electron chi connectivity index (χ1n) is 11.8. The van der Waals surface area contributed by atoms with Crippen LogP contribution in [0.4, 0.5) is 0 Å². The lowest BCUT2D eigenvalue weighted by atomic mass is 10.2. The van der Waals surface area contributed by atoms with Crippen molar-refractivity contribution in [2.75, 3.05) is 14.2 Å². The molecular formula is C26H23N5O6. The van der Waals surface area contributed by atoms with Gasteiger partial charge in [-0.3, -0.25) is 9.36 Å². The van der Waals surface area contributed by atoms with Gasteiger partial charge in [-0.25, -0.2) is 0 Å². The second-order valence-electron chi connectivity index (χ2n) is 8.83. The highest BCUT2D eigenvalue weighted by atomic mass is 16.5. The summed E-state index contributed by atoms with van der Waals surface area (Å²) in [5.41, 5.74) is 0.794. The second-order valence-corrected chi connectivity index (χ2v) is 8.83. The molecule has 3 aromatic heterocycles. The summed E-state index contributed by atoms with van der Waals surface area (Å²) in [6.45, 7) is 0. The van der Waals surface area contributed by atoms with Crippen LogP contribution in [-0.2, 0) is 12.8 Å². The van der Waals surface area contributed by atoms with E-state index in [1.807, 2.05) is 24.3 Å². The Kier molecular flexibility index (Phi) is 5.59. The van der Waals surface area contributed by atoms with Crippen molar-refractivity contribution in [3.63, 3.8) is 0 Å². The normalized spacial score (nSPS) is 13.2. The van der Waals surface area contributed by atoms with Crippen LogP contribution < -0.4 is 15.0 Å². The standard InChI is InChI=1S/C26H23N5O6/c1-34-18-8-5-9-19(35-2)23(18)31-20(12-14-10-11-14)27-24(32)22(26(31)33)25-29-28-21(36-25)13-16-15-6-3-4-7-17(15)37-30-16/h3-9,14,33H,10-13H2,1-2H3. The third kappa shape index (κ3) is 4.07. The summed E-state index contributed by atoms with van der Waals surface area (Å²) in [6, 6.07) is 12.7. The highest BCUT2D eigenvalue weighted by Crippen LogP contribution is 2.40. The van der Waals surface area contributed by atoms with Gasteiger partial charge in [-0.15, -0.1) is 10.2 Å².